The van der Waals surface area contributed by atoms with Crippen LogP contribution in [-0.2, 0) is 6.42 Å². The van der Waals surface area contributed by atoms with Gasteiger partial charge in [-0.05, 0) is 30.5 Å². The van der Waals surface area contributed by atoms with Crippen molar-refractivity contribution >= 4 is 28.5 Å². The number of aromatic amines is 1. The zero-order chi connectivity index (χ0) is 17.7. The number of ether oxygens (including phenoxy) is 1. The van der Waals surface area contributed by atoms with Gasteiger partial charge >= 0.3 is 6.03 Å². The third-order valence-electron chi connectivity index (χ3n) is 3.54. The van der Waals surface area contributed by atoms with Gasteiger partial charge in [0.2, 0.25) is 0 Å². The monoisotopic (exact) mass is 351 g/mol. The predicted octanol–water partition coefficient (Wildman–Crippen LogP) is 2.69. The van der Waals surface area contributed by atoms with E-state index in [2.05, 4.69) is 15.6 Å². The summed E-state index contributed by atoms with van der Waals surface area (Å²) in [6.45, 7) is 5.04. The van der Waals surface area contributed by atoms with E-state index in [4.69, 9.17) is 16.3 Å². The third kappa shape index (κ3) is 4.64. The van der Waals surface area contributed by atoms with E-state index < -0.39 is 0 Å². The summed E-state index contributed by atoms with van der Waals surface area (Å²) >= 11 is 6.06. The Hall–Kier alpha value is -2.21. The molecule has 0 spiro atoms. The number of hydrogen-bond acceptors (Lipinski definition) is 3. The summed E-state index contributed by atoms with van der Waals surface area (Å²) in [6, 6.07) is 5.01. The highest BCUT2D eigenvalue weighted by Crippen LogP contribution is 2.28. The highest BCUT2D eigenvalue weighted by atomic mass is 35.5. The Morgan fingerprint density at radius 3 is 2.71 bits per heavy atom. The Bertz CT molecular complexity index is 786. The number of methoxy groups -OCH3 is 1. The van der Waals surface area contributed by atoms with Crippen LogP contribution in [0.1, 0.15) is 19.4 Å². The topological polar surface area (TPSA) is 83.2 Å². The standard InChI is InChI=1S/C17H22ClN3O3/c1-10(2)9-20-17(23)19-5-4-11-6-12-7-15(24-3)13(18)8-14(12)21-16(11)22/h6-8,10H,4-5,9H2,1-3H3,(H,21,22)(H2,19,20,23). The van der Waals surface area contributed by atoms with Crippen LogP contribution in [0.4, 0.5) is 4.79 Å². The molecule has 0 radical (unpaired) electrons. The molecule has 1 aromatic heterocycles. The van der Waals surface area contributed by atoms with Crippen molar-refractivity contribution in [1.82, 2.24) is 15.6 Å². The van der Waals surface area contributed by atoms with Gasteiger partial charge in [-0.25, -0.2) is 4.79 Å². The molecule has 24 heavy (non-hydrogen) atoms. The molecule has 6 nitrogen and oxygen atoms in total. The minimum atomic E-state index is -0.227. The number of amides is 2. The minimum absolute atomic E-state index is 0.187. The first kappa shape index (κ1) is 18.1. The van der Waals surface area contributed by atoms with Crippen molar-refractivity contribution in [2.24, 2.45) is 5.92 Å². The first-order chi connectivity index (χ1) is 11.4. The zero-order valence-corrected chi connectivity index (χ0v) is 14.8. The molecule has 2 aromatic rings. The number of urea groups is 1. The molecule has 0 aliphatic carbocycles. The van der Waals surface area contributed by atoms with Crippen LogP contribution in [0.2, 0.25) is 5.02 Å². The van der Waals surface area contributed by atoms with E-state index in [9.17, 15) is 9.59 Å². The molecule has 0 aliphatic rings. The summed E-state index contributed by atoms with van der Waals surface area (Å²) in [6.07, 6.45) is 0.436. The Balaban J connectivity index is 2.06. The normalized spacial score (nSPS) is 10.9. The molecule has 2 amide bonds. The van der Waals surface area contributed by atoms with Gasteiger partial charge in [0.1, 0.15) is 5.75 Å². The van der Waals surface area contributed by atoms with Crippen LogP contribution in [0.25, 0.3) is 10.9 Å². The van der Waals surface area contributed by atoms with E-state index in [1.165, 1.54) is 0 Å². The number of benzene rings is 1. The minimum Gasteiger partial charge on any atom is -0.495 e. The summed E-state index contributed by atoms with van der Waals surface area (Å²) < 4.78 is 5.19. The van der Waals surface area contributed by atoms with Crippen molar-refractivity contribution in [2.45, 2.75) is 20.3 Å². The lowest BCUT2D eigenvalue weighted by Gasteiger charge is -2.10. The number of carbonyl (C=O) groups excluding carboxylic acids is 1. The van der Waals surface area contributed by atoms with Crippen LogP contribution in [-0.4, -0.2) is 31.2 Å². The van der Waals surface area contributed by atoms with Crippen LogP contribution in [0, 0.1) is 5.92 Å². The predicted molar refractivity (Wildman–Crippen MR) is 96.1 cm³/mol. The molecule has 1 heterocycles. The number of hydrogen-bond donors (Lipinski definition) is 3. The lowest BCUT2D eigenvalue weighted by Crippen LogP contribution is -2.38. The van der Waals surface area contributed by atoms with Crippen molar-refractivity contribution in [3.8, 4) is 5.75 Å². The zero-order valence-electron chi connectivity index (χ0n) is 14.0. The lowest BCUT2D eigenvalue weighted by molar-refractivity contribution is 0.239. The number of rotatable bonds is 6. The van der Waals surface area contributed by atoms with Gasteiger partial charge in [-0.3, -0.25) is 4.79 Å². The van der Waals surface area contributed by atoms with E-state index in [-0.39, 0.29) is 11.6 Å². The van der Waals surface area contributed by atoms with Gasteiger partial charge in [-0.1, -0.05) is 25.4 Å². The molecule has 0 unspecified atom stereocenters. The van der Waals surface area contributed by atoms with Gasteiger partial charge in [0.05, 0.1) is 17.6 Å². The maximum Gasteiger partial charge on any atom is 0.314 e. The van der Waals surface area contributed by atoms with E-state index in [0.29, 0.717) is 47.3 Å². The molecule has 0 saturated heterocycles. The molecular weight excluding hydrogens is 330 g/mol. The lowest BCUT2D eigenvalue weighted by atomic mass is 10.1. The smallest absolute Gasteiger partial charge is 0.314 e. The first-order valence-electron chi connectivity index (χ1n) is 7.82. The highest BCUT2D eigenvalue weighted by molar-refractivity contribution is 6.32. The second-order valence-electron chi connectivity index (χ2n) is 5.98. The number of fused-ring (bicyclic) bond motifs is 1. The van der Waals surface area contributed by atoms with E-state index in [1.807, 2.05) is 13.8 Å². The average Bonchev–Trinajstić information content (AvgIpc) is 2.53. The quantitative estimate of drug-likeness (QED) is 0.748. The summed E-state index contributed by atoms with van der Waals surface area (Å²) in [5, 5.41) is 6.78. The average molecular weight is 352 g/mol. The molecule has 0 fully saturated rings. The van der Waals surface area contributed by atoms with Gasteiger partial charge in [0.15, 0.2) is 0 Å². The fourth-order valence-electron chi connectivity index (χ4n) is 2.26. The molecule has 130 valence electrons. The van der Waals surface area contributed by atoms with Crippen molar-refractivity contribution in [3.63, 3.8) is 0 Å². The fourth-order valence-corrected chi connectivity index (χ4v) is 2.51. The van der Waals surface area contributed by atoms with E-state index in [1.54, 1.807) is 25.3 Å². The molecule has 7 heteroatoms. The van der Waals surface area contributed by atoms with Crippen LogP contribution in [0.3, 0.4) is 0 Å². The molecular formula is C17H22ClN3O3. The first-order valence-corrected chi connectivity index (χ1v) is 8.19. The molecule has 0 saturated carbocycles. The number of nitrogens with one attached hydrogen (secondary N) is 3. The van der Waals surface area contributed by atoms with Crippen molar-refractivity contribution in [3.05, 3.63) is 39.1 Å². The number of H-pyrrole nitrogens is 1. The Morgan fingerprint density at radius 1 is 1.29 bits per heavy atom. The van der Waals surface area contributed by atoms with Gasteiger partial charge in [0, 0.05) is 24.0 Å². The van der Waals surface area contributed by atoms with Crippen LogP contribution >= 0.6 is 11.6 Å². The van der Waals surface area contributed by atoms with Crippen LogP contribution < -0.4 is 20.9 Å². The largest absolute Gasteiger partial charge is 0.495 e. The Kier molecular flexibility index (Phi) is 6.09. The SMILES string of the molecule is COc1cc2cc(CCNC(=O)NCC(C)C)c(=O)[nH]c2cc1Cl. The molecule has 0 aliphatic heterocycles. The number of carbonyl (C=O) groups is 1. The Morgan fingerprint density at radius 2 is 2.04 bits per heavy atom. The second kappa shape index (κ2) is 8.06. The van der Waals surface area contributed by atoms with Gasteiger partial charge in [-0.2, -0.15) is 0 Å². The Labute approximate surface area is 145 Å². The maximum atomic E-state index is 12.1. The molecule has 3 N–H and O–H groups in total. The van der Waals surface area contributed by atoms with Crippen molar-refractivity contribution in [2.75, 3.05) is 20.2 Å². The highest BCUT2D eigenvalue weighted by Gasteiger charge is 2.08. The fraction of sp³-hybridized carbons (Fsp3) is 0.412. The molecule has 2 rings (SSSR count). The second-order valence-corrected chi connectivity index (χ2v) is 6.39. The third-order valence-corrected chi connectivity index (χ3v) is 3.84. The molecule has 0 bridgehead atoms. The van der Waals surface area contributed by atoms with E-state index in [0.717, 1.165) is 5.39 Å². The van der Waals surface area contributed by atoms with Crippen molar-refractivity contribution < 1.29 is 9.53 Å². The summed E-state index contributed by atoms with van der Waals surface area (Å²) in [7, 11) is 1.54. The number of aromatic nitrogens is 1. The van der Waals surface area contributed by atoms with Crippen molar-refractivity contribution in [1.29, 1.82) is 0 Å². The summed E-state index contributed by atoms with van der Waals surface area (Å²) in [4.78, 5) is 26.6. The summed E-state index contributed by atoms with van der Waals surface area (Å²) in [5.41, 5.74) is 1.06. The molecule has 1 aromatic carbocycles. The summed E-state index contributed by atoms with van der Waals surface area (Å²) in [5.74, 6) is 0.939. The van der Waals surface area contributed by atoms with Gasteiger partial charge in [-0.15, -0.1) is 0 Å². The number of halogens is 1. The van der Waals surface area contributed by atoms with Gasteiger partial charge < -0.3 is 20.4 Å². The van der Waals surface area contributed by atoms with E-state index >= 15 is 0 Å². The van der Waals surface area contributed by atoms with Crippen LogP contribution in [0.15, 0.2) is 23.0 Å². The maximum absolute atomic E-state index is 12.1. The van der Waals surface area contributed by atoms with Crippen LogP contribution in [0.5, 0.6) is 5.75 Å². The number of pyridine rings is 1. The van der Waals surface area contributed by atoms with Gasteiger partial charge in [0.25, 0.3) is 5.56 Å². The molecule has 0 atom stereocenters.